The summed E-state index contributed by atoms with van der Waals surface area (Å²) in [4.78, 5) is 22.3. The molecule has 0 bridgehead atoms. The Morgan fingerprint density at radius 1 is 1.09 bits per heavy atom. The van der Waals surface area contributed by atoms with Crippen LogP contribution in [-0.2, 0) is 17.8 Å². The summed E-state index contributed by atoms with van der Waals surface area (Å²) in [7, 11) is 1.69. The average Bonchev–Trinajstić information content (AvgIpc) is 2.87. The van der Waals surface area contributed by atoms with Crippen LogP contribution in [0.15, 0.2) is 73.1 Å². The van der Waals surface area contributed by atoms with Gasteiger partial charge in [-0.1, -0.05) is 24.3 Å². The number of hydrogen-bond donors (Lipinski definition) is 1. The molecule has 2 aliphatic rings. The van der Waals surface area contributed by atoms with Gasteiger partial charge in [0.15, 0.2) is 0 Å². The summed E-state index contributed by atoms with van der Waals surface area (Å²) in [6.07, 6.45) is 4.27. The Morgan fingerprint density at radius 2 is 1.94 bits per heavy atom. The molecule has 0 aliphatic carbocycles. The number of carbonyl (C=O) groups is 1. The van der Waals surface area contributed by atoms with Gasteiger partial charge in [-0.15, -0.1) is 0 Å². The van der Waals surface area contributed by atoms with E-state index in [9.17, 15) is 4.79 Å². The molecule has 2 aromatic carbocycles. The van der Waals surface area contributed by atoms with Crippen LogP contribution in [0.4, 0.5) is 11.4 Å². The molecule has 1 saturated heterocycles. The molecule has 32 heavy (non-hydrogen) atoms. The van der Waals surface area contributed by atoms with Crippen LogP contribution in [0.3, 0.4) is 0 Å². The van der Waals surface area contributed by atoms with E-state index in [4.69, 9.17) is 4.74 Å². The van der Waals surface area contributed by atoms with Crippen molar-refractivity contribution in [2.45, 2.75) is 19.0 Å². The number of methoxy groups -OCH3 is 1. The second-order valence-corrected chi connectivity index (χ2v) is 8.42. The fourth-order valence-electron chi connectivity index (χ4n) is 4.92. The van der Waals surface area contributed by atoms with Gasteiger partial charge in [0.05, 0.1) is 19.1 Å². The van der Waals surface area contributed by atoms with E-state index < -0.39 is 0 Å². The lowest BCUT2D eigenvalue weighted by molar-refractivity contribution is -0.126. The molecular formula is C26H28N4O2. The number of hydrogen-bond acceptors (Lipinski definition) is 5. The highest BCUT2D eigenvalue weighted by molar-refractivity contribution is 5.82. The topological polar surface area (TPSA) is 57.7 Å². The molecule has 1 amide bonds. The number of anilines is 2. The van der Waals surface area contributed by atoms with E-state index in [1.807, 2.05) is 24.3 Å². The number of aromatic nitrogens is 1. The summed E-state index contributed by atoms with van der Waals surface area (Å²) >= 11 is 0. The van der Waals surface area contributed by atoms with E-state index in [1.54, 1.807) is 19.5 Å². The summed E-state index contributed by atoms with van der Waals surface area (Å²) in [5.41, 5.74) is 4.71. The van der Waals surface area contributed by atoms with E-state index >= 15 is 0 Å². The molecule has 1 aromatic heterocycles. The number of para-hydroxylation sites is 1. The maximum atomic E-state index is 13.4. The van der Waals surface area contributed by atoms with Gasteiger partial charge in [-0.25, -0.2) is 0 Å². The molecule has 0 spiro atoms. The lowest BCUT2D eigenvalue weighted by atomic mass is 9.83. The van der Waals surface area contributed by atoms with Crippen molar-refractivity contribution in [2.24, 2.45) is 5.92 Å². The normalized spacial score (nSPS) is 19.7. The van der Waals surface area contributed by atoms with Gasteiger partial charge in [-0.2, -0.15) is 0 Å². The van der Waals surface area contributed by atoms with Crippen LogP contribution in [0.1, 0.15) is 11.1 Å². The number of benzene rings is 2. The minimum atomic E-state index is -0.111. The highest BCUT2D eigenvalue weighted by atomic mass is 16.5. The van der Waals surface area contributed by atoms with Crippen molar-refractivity contribution in [1.82, 2.24) is 10.3 Å². The first-order chi connectivity index (χ1) is 15.7. The van der Waals surface area contributed by atoms with Crippen LogP contribution in [0.2, 0.25) is 0 Å². The Kier molecular flexibility index (Phi) is 5.67. The summed E-state index contributed by atoms with van der Waals surface area (Å²) in [6.45, 7) is 3.11. The zero-order chi connectivity index (χ0) is 21.9. The van der Waals surface area contributed by atoms with E-state index in [0.717, 1.165) is 43.1 Å². The molecule has 0 unspecified atom stereocenters. The zero-order valence-corrected chi connectivity index (χ0v) is 18.3. The van der Waals surface area contributed by atoms with Gasteiger partial charge in [0, 0.05) is 56.0 Å². The maximum Gasteiger partial charge on any atom is 0.225 e. The second kappa shape index (κ2) is 8.91. The van der Waals surface area contributed by atoms with Crippen molar-refractivity contribution in [3.8, 4) is 5.75 Å². The van der Waals surface area contributed by atoms with Crippen LogP contribution in [0.5, 0.6) is 5.75 Å². The third-order valence-corrected chi connectivity index (χ3v) is 6.60. The molecule has 0 radical (unpaired) electrons. The molecule has 1 fully saturated rings. The van der Waals surface area contributed by atoms with Crippen LogP contribution in [-0.4, -0.2) is 43.7 Å². The van der Waals surface area contributed by atoms with Crippen LogP contribution in [0, 0.1) is 5.92 Å². The Morgan fingerprint density at radius 3 is 2.78 bits per heavy atom. The van der Waals surface area contributed by atoms with Gasteiger partial charge in [0.25, 0.3) is 0 Å². The predicted molar refractivity (Wildman–Crippen MR) is 126 cm³/mol. The molecule has 6 heteroatoms. The van der Waals surface area contributed by atoms with Gasteiger partial charge in [0.1, 0.15) is 5.75 Å². The van der Waals surface area contributed by atoms with Gasteiger partial charge in [0.2, 0.25) is 5.91 Å². The van der Waals surface area contributed by atoms with Gasteiger partial charge in [-0.3, -0.25) is 9.78 Å². The van der Waals surface area contributed by atoms with Gasteiger partial charge < -0.3 is 19.9 Å². The summed E-state index contributed by atoms with van der Waals surface area (Å²) in [6, 6.07) is 20.7. The molecule has 0 saturated carbocycles. The number of ether oxygens (including phenoxy) is 1. The minimum absolute atomic E-state index is 0.110. The minimum Gasteiger partial charge on any atom is -0.497 e. The monoisotopic (exact) mass is 428 g/mol. The molecule has 164 valence electrons. The van der Waals surface area contributed by atoms with Crippen molar-refractivity contribution in [3.05, 3.63) is 84.2 Å². The molecule has 2 atom stereocenters. The molecule has 5 rings (SSSR count). The number of amides is 1. The quantitative estimate of drug-likeness (QED) is 0.676. The number of fused-ring (bicyclic) bond motifs is 3. The number of rotatable bonds is 5. The third-order valence-electron chi connectivity index (χ3n) is 6.60. The summed E-state index contributed by atoms with van der Waals surface area (Å²) < 4.78 is 5.43. The first-order valence-electron chi connectivity index (χ1n) is 11.1. The average molecular weight is 429 g/mol. The van der Waals surface area contributed by atoms with Crippen LogP contribution < -0.4 is 19.9 Å². The maximum absolute atomic E-state index is 13.4. The number of carbonyl (C=O) groups excluding carboxylic acids is 1. The molecular weight excluding hydrogens is 400 g/mol. The standard InChI is InChI=1S/C26H28N4O2/c1-32-22-7-4-6-21(16-22)29-13-14-30-24-8-3-2-5-20(24)15-23(25(30)18-29)26(31)28-17-19-9-11-27-12-10-19/h2-12,16,23,25H,13-15,17-18H2,1H3,(H,28,31)/t23-,25-/m1/s1. The van der Waals surface area contributed by atoms with E-state index in [2.05, 4.69) is 56.5 Å². The van der Waals surface area contributed by atoms with E-state index in [0.29, 0.717) is 6.54 Å². The number of nitrogens with one attached hydrogen (secondary N) is 1. The zero-order valence-electron chi connectivity index (χ0n) is 18.3. The molecule has 3 heterocycles. The molecule has 3 aromatic rings. The van der Waals surface area contributed by atoms with Crippen molar-refractivity contribution in [2.75, 3.05) is 36.5 Å². The first-order valence-corrected chi connectivity index (χ1v) is 11.1. The Labute approximate surface area is 188 Å². The second-order valence-electron chi connectivity index (χ2n) is 8.42. The van der Waals surface area contributed by atoms with Crippen molar-refractivity contribution in [3.63, 3.8) is 0 Å². The van der Waals surface area contributed by atoms with Crippen molar-refractivity contribution >= 4 is 17.3 Å². The van der Waals surface area contributed by atoms with Gasteiger partial charge >= 0.3 is 0 Å². The Bertz CT molecular complexity index is 1090. The fraction of sp³-hybridized carbons (Fsp3) is 0.308. The first kappa shape index (κ1) is 20.4. The number of pyridine rings is 1. The molecule has 6 nitrogen and oxygen atoms in total. The van der Waals surface area contributed by atoms with Crippen molar-refractivity contribution < 1.29 is 9.53 Å². The lowest BCUT2D eigenvalue weighted by Crippen LogP contribution is -2.61. The van der Waals surface area contributed by atoms with Crippen LogP contribution in [0.25, 0.3) is 0 Å². The van der Waals surface area contributed by atoms with Crippen LogP contribution >= 0.6 is 0 Å². The van der Waals surface area contributed by atoms with Crippen molar-refractivity contribution in [1.29, 1.82) is 0 Å². The van der Waals surface area contributed by atoms with E-state index in [1.165, 1.54) is 11.3 Å². The Hall–Kier alpha value is -3.54. The number of nitrogens with zero attached hydrogens (tertiary/aromatic N) is 3. The van der Waals surface area contributed by atoms with Gasteiger partial charge in [-0.05, 0) is 47.9 Å². The summed E-state index contributed by atoms with van der Waals surface area (Å²) in [5, 5.41) is 3.17. The predicted octanol–water partition coefficient (Wildman–Crippen LogP) is 3.27. The molecule has 1 N–H and O–H groups in total. The highest BCUT2D eigenvalue weighted by Gasteiger charge is 2.41. The Balaban J connectivity index is 1.40. The summed E-state index contributed by atoms with van der Waals surface area (Å²) in [5.74, 6) is 0.851. The smallest absolute Gasteiger partial charge is 0.225 e. The fourth-order valence-corrected chi connectivity index (χ4v) is 4.92. The van der Waals surface area contributed by atoms with E-state index in [-0.39, 0.29) is 17.9 Å². The third kappa shape index (κ3) is 4.00. The molecule has 2 aliphatic heterocycles. The largest absolute Gasteiger partial charge is 0.497 e. The number of piperazine rings is 1. The highest BCUT2D eigenvalue weighted by Crippen LogP contribution is 2.37. The SMILES string of the molecule is COc1cccc(N2CCN3c4ccccc4C[C@@H](C(=O)NCc4ccncc4)[C@H]3C2)c1. The lowest BCUT2D eigenvalue weighted by Gasteiger charge is -2.49.